The third-order valence-electron chi connectivity index (χ3n) is 5.09. The van der Waals surface area contributed by atoms with Gasteiger partial charge in [0.25, 0.3) is 11.5 Å². The van der Waals surface area contributed by atoms with Crippen LogP contribution in [0.3, 0.4) is 0 Å². The van der Waals surface area contributed by atoms with Crippen LogP contribution < -0.4 is 5.56 Å². The topological polar surface area (TPSA) is 79.0 Å². The molecule has 1 amide bonds. The van der Waals surface area contributed by atoms with Crippen LogP contribution in [0.2, 0.25) is 0 Å². The van der Waals surface area contributed by atoms with Gasteiger partial charge in [0.15, 0.2) is 0 Å². The van der Waals surface area contributed by atoms with E-state index in [4.69, 9.17) is 0 Å². The average molecular weight is 402 g/mol. The summed E-state index contributed by atoms with van der Waals surface area (Å²) in [5.74, 6) is -0.333. The number of carbonyl (C=O) groups is 1. The summed E-state index contributed by atoms with van der Waals surface area (Å²) in [7, 11) is 0. The maximum Gasteiger partial charge on any atom is 0.433 e. The van der Waals surface area contributed by atoms with E-state index in [2.05, 4.69) is 15.0 Å². The molecule has 9 heteroatoms. The number of halogens is 3. The van der Waals surface area contributed by atoms with Crippen molar-refractivity contribution in [1.29, 1.82) is 0 Å². The number of rotatable bonds is 2. The van der Waals surface area contributed by atoms with Crippen molar-refractivity contribution in [1.82, 2.24) is 19.9 Å². The first-order valence-corrected chi connectivity index (χ1v) is 9.13. The molecule has 0 saturated carbocycles. The van der Waals surface area contributed by atoms with E-state index in [1.54, 1.807) is 29.4 Å². The summed E-state index contributed by atoms with van der Waals surface area (Å²) >= 11 is 0. The van der Waals surface area contributed by atoms with Crippen LogP contribution in [0.5, 0.6) is 0 Å². The van der Waals surface area contributed by atoms with Gasteiger partial charge < -0.3 is 9.88 Å². The number of H-pyrrole nitrogens is 1. The number of nitrogens with zero attached hydrogens (tertiary/aromatic N) is 3. The number of likely N-dealkylation sites (tertiary alicyclic amines) is 1. The molecular weight excluding hydrogens is 385 g/mol. The minimum Gasteiger partial charge on any atom is -0.338 e. The average Bonchev–Trinajstić information content (AvgIpc) is 2.73. The van der Waals surface area contributed by atoms with Crippen LogP contribution in [-0.2, 0) is 6.18 Å². The summed E-state index contributed by atoms with van der Waals surface area (Å²) in [6.45, 7) is 0.938. The molecule has 6 nitrogen and oxygen atoms in total. The lowest BCUT2D eigenvalue weighted by Gasteiger charge is -2.33. The molecule has 3 aromatic heterocycles. The van der Waals surface area contributed by atoms with Crippen molar-refractivity contribution in [2.24, 2.45) is 0 Å². The predicted molar refractivity (Wildman–Crippen MR) is 99.5 cm³/mol. The summed E-state index contributed by atoms with van der Waals surface area (Å²) in [5.41, 5.74) is -0.530. The van der Waals surface area contributed by atoms with E-state index in [1.807, 2.05) is 0 Å². The number of piperidine rings is 1. The molecule has 3 aromatic rings. The number of hydrogen-bond donors (Lipinski definition) is 1. The molecule has 0 aliphatic carbocycles. The Morgan fingerprint density at radius 1 is 1.17 bits per heavy atom. The van der Waals surface area contributed by atoms with Crippen molar-refractivity contribution in [3.63, 3.8) is 0 Å². The molecule has 1 aliphatic rings. The molecule has 0 radical (unpaired) electrons. The molecule has 29 heavy (non-hydrogen) atoms. The van der Waals surface area contributed by atoms with Crippen LogP contribution in [-0.4, -0.2) is 38.8 Å². The minimum atomic E-state index is -4.59. The van der Waals surface area contributed by atoms with Crippen molar-refractivity contribution in [2.75, 3.05) is 13.1 Å². The third-order valence-corrected chi connectivity index (χ3v) is 5.09. The van der Waals surface area contributed by atoms with Gasteiger partial charge in [-0.2, -0.15) is 13.2 Å². The quantitative estimate of drug-likeness (QED) is 0.713. The fourth-order valence-electron chi connectivity index (χ4n) is 3.63. The van der Waals surface area contributed by atoms with Gasteiger partial charge in [-0.25, -0.2) is 4.98 Å². The van der Waals surface area contributed by atoms with Crippen molar-refractivity contribution < 1.29 is 18.0 Å². The molecule has 150 valence electrons. The fraction of sp³-hybridized carbons (Fsp3) is 0.300. The third kappa shape index (κ3) is 3.85. The molecule has 0 spiro atoms. The van der Waals surface area contributed by atoms with Crippen LogP contribution in [0.25, 0.3) is 10.9 Å². The fourth-order valence-corrected chi connectivity index (χ4v) is 3.63. The van der Waals surface area contributed by atoms with E-state index in [0.29, 0.717) is 30.8 Å². The lowest BCUT2D eigenvalue weighted by Crippen LogP contribution is -2.39. The van der Waals surface area contributed by atoms with Gasteiger partial charge in [-0.15, -0.1) is 0 Å². The second-order valence-electron chi connectivity index (χ2n) is 7.01. The number of amides is 1. The molecule has 4 rings (SSSR count). The smallest absolute Gasteiger partial charge is 0.338 e. The van der Waals surface area contributed by atoms with Gasteiger partial charge in [-0.3, -0.25) is 14.6 Å². The van der Waals surface area contributed by atoms with Crippen LogP contribution >= 0.6 is 0 Å². The summed E-state index contributed by atoms with van der Waals surface area (Å²) in [4.78, 5) is 37.0. The van der Waals surface area contributed by atoms with E-state index < -0.39 is 17.4 Å². The number of aromatic amines is 1. The van der Waals surface area contributed by atoms with Gasteiger partial charge in [0, 0.05) is 42.7 Å². The van der Waals surface area contributed by atoms with Crippen molar-refractivity contribution in [3.05, 3.63) is 70.0 Å². The molecule has 1 N–H and O–H groups in total. The number of carbonyl (C=O) groups excluding carboxylic acids is 1. The summed E-state index contributed by atoms with van der Waals surface area (Å²) in [6.07, 6.45) is -0.0769. The Balaban J connectivity index is 1.65. The zero-order chi connectivity index (χ0) is 20.6. The Morgan fingerprint density at radius 3 is 2.66 bits per heavy atom. The lowest BCUT2D eigenvalue weighted by molar-refractivity contribution is -0.140. The highest BCUT2D eigenvalue weighted by atomic mass is 19.4. The number of aromatic nitrogens is 3. The van der Waals surface area contributed by atoms with E-state index in [0.717, 1.165) is 18.6 Å². The number of alkyl halides is 3. The molecule has 1 fully saturated rings. The van der Waals surface area contributed by atoms with E-state index in [1.165, 1.54) is 6.07 Å². The Bertz CT molecular complexity index is 1110. The Kier molecular flexibility index (Phi) is 4.81. The normalized spacial score (nSPS) is 17.5. The largest absolute Gasteiger partial charge is 0.433 e. The zero-order valence-electron chi connectivity index (χ0n) is 15.2. The van der Waals surface area contributed by atoms with Gasteiger partial charge in [0.05, 0.1) is 10.9 Å². The molecule has 0 aromatic carbocycles. The van der Waals surface area contributed by atoms with Crippen molar-refractivity contribution in [3.8, 4) is 0 Å². The van der Waals surface area contributed by atoms with Gasteiger partial charge in [-0.05, 0) is 43.2 Å². The molecule has 1 atom stereocenters. The van der Waals surface area contributed by atoms with Crippen LogP contribution in [0.4, 0.5) is 13.2 Å². The molecule has 4 heterocycles. The SMILES string of the molecule is O=C(c1ccncc1)N1CCC[C@H](c2cc3nc(C(F)(F)F)ccc3c(=O)[nH]2)C1. The minimum absolute atomic E-state index is 0.00356. The highest BCUT2D eigenvalue weighted by molar-refractivity contribution is 5.94. The second kappa shape index (κ2) is 7.31. The highest BCUT2D eigenvalue weighted by Crippen LogP contribution is 2.30. The maximum atomic E-state index is 13.0. The van der Waals surface area contributed by atoms with E-state index >= 15 is 0 Å². The first kappa shape index (κ1) is 19.1. The van der Waals surface area contributed by atoms with Gasteiger partial charge in [0.2, 0.25) is 0 Å². The first-order valence-electron chi connectivity index (χ1n) is 9.13. The Hall–Kier alpha value is -3.23. The maximum absolute atomic E-state index is 13.0. The number of pyridine rings is 3. The molecule has 0 unspecified atom stereocenters. The van der Waals surface area contributed by atoms with Gasteiger partial charge in [-0.1, -0.05) is 0 Å². The molecule has 1 aliphatic heterocycles. The standard InChI is InChI=1S/C20H17F3N4O2/c21-20(22,23)17-4-3-14-16(25-17)10-15(26-18(14)28)13-2-1-9-27(11-13)19(29)12-5-7-24-8-6-12/h3-8,10,13H,1-2,9,11H2,(H,26,28)/t13-/m0/s1. The molecule has 1 saturated heterocycles. The van der Waals surface area contributed by atoms with Gasteiger partial charge in [0.1, 0.15) is 5.69 Å². The molecular formula is C20H17F3N4O2. The summed E-state index contributed by atoms with van der Waals surface area (Å²) in [5, 5.41) is 0.0993. The first-order chi connectivity index (χ1) is 13.8. The molecule has 0 bridgehead atoms. The van der Waals surface area contributed by atoms with Crippen LogP contribution in [0.1, 0.15) is 40.5 Å². The summed E-state index contributed by atoms with van der Waals surface area (Å²) < 4.78 is 38.9. The van der Waals surface area contributed by atoms with Crippen molar-refractivity contribution in [2.45, 2.75) is 24.9 Å². The highest BCUT2D eigenvalue weighted by Gasteiger charge is 2.33. The van der Waals surface area contributed by atoms with Gasteiger partial charge >= 0.3 is 6.18 Å². The zero-order valence-corrected chi connectivity index (χ0v) is 15.2. The van der Waals surface area contributed by atoms with E-state index in [-0.39, 0.29) is 22.7 Å². The van der Waals surface area contributed by atoms with Crippen molar-refractivity contribution >= 4 is 16.8 Å². The van der Waals surface area contributed by atoms with Crippen LogP contribution in [0.15, 0.2) is 47.5 Å². The predicted octanol–water partition coefficient (Wildman–Crippen LogP) is 3.36. The summed E-state index contributed by atoms with van der Waals surface area (Å²) in [6, 6.07) is 6.68. The Morgan fingerprint density at radius 2 is 1.93 bits per heavy atom. The number of fused-ring (bicyclic) bond motifs is 1. The number of hydrogen-bond acceptors (Lipinski definition) is 4. The second-order valence-corrected chi connectivity index (χ2v) is 7.01. The van der Waals surface area contributed by atoms with E-state index in [9.17, 15) is 22.8 Å². The monoisotopic (exact) mass is 402 g/mol. The Labute approximate surface area is 163 Å². The lowest BCUT2D eigenvalue weighted by atomic mass is 9.93. The van der Waals surface area contributed by atoms with Crippen LogP contribution in [0, 0.1) is 0 Å². The number of nitrogens with one attached hydrogen (secondary N) is 1.